The maximum absolute atomic E-state index is 2.53. The molecule has 0 saturated carbocycles. The van der Waals surface area contributed by atoms with Gasteiger partial charge in [0.05, 0.1) is 0 Å². The first-order valence-electron chi connectivity index (χ1n) is 6.44. The molecule has 1 aliphatic heterocycles. The van der Waals surface area contributed by atoms with Gasteiger partial charge in [0, 0.05) is 29.2 Å². The van der Waals surface area contributed by atoms with E-state index in [1.807, 2.05) is 0 Å². The van der Waals surface area contributed by atoms with Crippen molar-refractivity contribution < 1.29 is 0 Å². The number of hydrogen-bond donors (Lipinski definition) is 0. The first kappa shape index (κ1) is 10.8. The van der Waals surface area contributed by atoms with E-state index in [1.165, 1.54) is 41.5 Å². The Morgan fingerprint density at radius 1 is 1.24 bits per heavy atom. The number of nitrogens with zero attached hydrogens (tertiary/aromatic N) is 2. The smallest absolute Gasteiger partial charge is 0.0498 e. The van der Waals surface area contributed by atoms with Gasteiger partial charge in [0.2, 0.25) is 0 Å². The topological polar surface area (TPSA) is 8.17 Å². The highest BCUT2D eigenvalue weighted by molar-refractivity contribution is 5.85. The van der Waals surface area contributed by atoms with Crippen molar-refractivity contribution in [2.75, 3.05) is 14.1 Å². The molecule has 0 aliphatic carbocycles. The van der Waals surface area contributed by atoms with Gasteiger partial charge in [-0.25, -0.2) is 0 Å². The molecule has 0 saturated heterocycles. The number of para-hydroxylation sites is 1. The van der Waals surface area contributed by atoms with Crippen molar-refractivity contribution in [1.82, 2.24) is 9.47 Å². The SMILES string of the molecule is Cc1c2n(c3ccccc13)CCCC2N(C)C. The Morgan fingerprint density at radius 3 is 2.76 bits per heavy atom. The van der Waals surface area contributed by atoms with Crippen molar-refractivity contribution >= 4 is 10.9 Å². The predicted octanol–water partition coefficient (Wildman–Crippen LogP) is 3.35. The summed E-state index contributed by atoms with van der Waals surface area (Å²) in [5.41, 5.74) is 4.41. The molecule has 0 radical (unpaired) electrons. The summed E-state index contributed by atoms with van der Waals surface area (Å²) in [6.07, 6.45) is 2.57. The quantitative estimate of drug-likeness (QED) is 0.726. The summed E-state index contributed by atoms with van der Waals surface area (Å²) in [4.78, 5) is 2.36. The molecule has 1 unspecified atom stereocenters. The highest BCUT2D eigenvalue weighted by Gasteiger charge is 2.26. The standard InChI is InChI=1S/C15H20N2/c1-11-12-7-4-5-8-13(12)17-10-6-9-14(15(11)17)16(2)3/h4-5,7-8,14H,6,9-10H2,1-3H3. The Bertz CT molecular complexity index is 551. The third kappa shape index (κ3) is 1.51. The molecule has 2 nitrogen and oxygen atoms in total. The summed E-state index contributed by atoms with van der Waals surface area (Å²) in [6.45, 7) is 3.45. The minimum atomic E-state index is 0.580. The van der Waals surface area contributed by atoms with E-state index in [2.05, 4.69) is 54.8 Å². The summed E-state index contributed by atoms with van der Waals surface area (Å²) >= 11 is 0. The van der Waals surface area contributed by atoms with Gasteiger partial charge in [-0.05, 0) is 45.5 Å². The second kappa shape index (κ2) is 3.88. The van der Waals surface area contributed by atoms with Crippen LogP contribution in [0.2, 0.25) is 0 Å². The summed E-state index contributed by atoms with van der Waals surface area (Å²) in [7, 11) is 4.38. The van der Waals surface area contributed by atoms with Crippen molar-refractivity contribution in [1.29, 1.82) is 0 Å². The van der Waals surface area contributed by atoms with E-state index in [0.717, 1.165) is 0 Å². The molecule has 0 N–H and O–H groups in total. The summed E-state index contributed by atoms with van der Waals surface area (Å²) in [5, 5.41) is 1.43. The normalized spacial score (nSPS) is 19.9. The Morgan fingerprint density at radius 2 is 2.00 bits per heavy atom. The molecule has 1 aromatic heterocycles. The van der Waals surface area contributed by atoms with Crippen LogP contribution in [-0.2, 0) is 6.54 Å². The molecule has 1 aromatic carbocycles. The van der Waals surface area contributed by atoms with E-state index in [-0.39, 0.29) is 0 Å². The van der Waals surface area contributed by atoms with E-state index < -0.39 is 0 Å². The number of aryl methyl sites for hydroxylation is 2. The molecule has 17 heavy (non-hydrogen) atoms. The van der Waals surface area contributed by atoms with Crippen molar-refractivity contribution in [2.24, 2.45) is 0 Å². The second-order valence-corrected chi connectivity index (χ2v) is 5.30. The Balaban J connectivity index is 2.30. The highest BCUT2D eigenvalue weighted by atomic mass is 15.1. The van der Waals surface area contributed by atoms with E-state index in [0.29, 0.717) is 6.04 Å². The lowest BCUT2D eigenvalue weighted by atomic mass is 10.00. The van der Waals surface area contributed by atoms with Crippen molar-refractivity contribution in [3.63, 3.8) is 0 Å². The van der Waals surface area contributed by atoms with Gasteiger partial charge in [0.1, 0.15) is 0 Å². The maximum atomic E-state index is 2.53. The van der Waals surface area contributed by atoms with Gasteiger partial charge in [0.15, 0.2) is 0 Å². The zero-order valence-electron chi connectivity index (χ0n) is 10.9. The molecule has 0 fully saturated rings. The maximum Gasteiger partial charge on any atom is 0.0498 e. The Labute approximate surface area is 103 Å². The second-order valence-electron chi connectivity index (χ2n) is 5.30. The molecule has 3 rings (SSSR count). The Kier molecular flexibility index (Phi) is 2.48. The molecule has 0 bridgehead atoms. The van der Waals surface area contributed by atoms with Gasteiger partial charge >= 0.3 is 0 Å². The van der Waals surface area contributed by atoms with Gasteiger partial charge in [-0.3, -0.25) is 0 Å². The summed E-state index contributed by atoms with van der Waals surface area (Å²) < 4.78 is 2.53. The number of hydrogen-bond acceptors (Lipinski definition) is 1. The van der Waals surface area contributed by atoms with Crippen molar-refractivity contribution in [2.45, 2.75) is 32.4 Å². The van der Waals surface area contributed by atoms with Gasteiger partial charge in [-0.15, -0.1) is 0 Å². The van der Waals surface area contributed by atoms with Crippen LogP contribution in [0.3, 0.4) is 0 Å². The van der Waals surface area contributed by atoms with Crippen LogP contribution in [0.15, 0.2) is 24.3 Å². The molecule has 0 amide bonds. The molecule has 2 heteroatoms. The minimum absolute atomic E-state index is 0.580. The van der Waals surface area contributed by atoms with Crippen molar-refractivity contribution in [3.05, 3.63) is 35.5 Å². The van der Waals surface area contributed by atoms with Gasteiger partial charge in [-0.2, -0.15) is 0 Å². The average Bonchev–Trinajstić information content (AvgIpc) is 2.64. The van der Waals surface area contributed by atoms with E-state index in [1.54, 1.807) is 0 Å². The van der Waals surface area contributed by atoms with Crippen LogP contribution in [0, 0.1) is 6.92 Å². The molecule has 2 aromatic rings. The van der Waals surface area contributed by atoms with E-state index in [4.69, 9.17) is 0 Å². The number of rotatable bonds is 1. The van der Waals surface area contributed by atoms with Crippen LogP contribution in [0.4, 0.5) is 0 Å². The third-order valence-corrected chi connectivity index (χ3v) is 4.07. The molecule has 90 valence electrons. The first-order chi connectivity index (χ1) is 8.20. The van der Waals surface area contributed by atoms with Gasteiger partial charge < -0.3 is 9.47 Å². The van der Waals surface area contributed by atoms with E-state index in [9.17, 15) is 0 Å². The van der Waals surface area contributed by atoms with Crippen LogP contribution in [0.25, 0.3) is 10.9 Å². The predicted molar refractivity (Wildman–Crippen MR) is 72.3 cm³/mol. The lowest BCUT2D eigenvalue weighted by Gasteiger charge is -2.31. The van der Waals surface area contributed by atoms with Crippen LogP contribution >= 0.6 is 0 Å². The molecular weight excluding hydrogens is 208 g/mol. The van der Waals surface area contributed by atoms with Gasteiger partial charge in [-0.1, -0.05) is 18.2 Å². The average molecular weight is 228 g/mol. The van der Waals surface area contributed by atoms with Crippen molar-refractivity contribution in [3.8, 4) is 0 Å². The zero-order chi connectivity index (χ0) is 12.0. The third-order valence-electron chi connectivity index (χ3n) is 4.07. The fraction of sp³-hybridized carbons (Fsp3) is 0.467. The first-order valence-corrected chi connectivity index (χ1v) is 6.44. The van der Waals surface area contributed by atoms with Gasteiger partial charge in [0.25, 0.3) is 0 Å². The molecule has 1 aliphatic rings. The number of fused-ring (bicyclic) bond motifs is 3. The molecule has 2 heterocycles. The largest absolute Gasteiger partial charge is 0.343 e. The monoisotopic (exact) mass is 228 g/mol. The highest BCUT2D eigenvalue weighted by Crippen LogP contribution is 2.37. The van der Waals surface area contributed by atoms with Crippen LogP contribution in [0.5, 0.6) is 0 Å². The lowest BCUT2D eigenvalue weighted by Crippen LogP contribution is -2.27. The lowest BCUT2D eigenvalue weighted by molar-refractivity contribution is 0.244. The minimum Gasteiger partial charge on any atom is -0.343 e. The van der Waals surface area contributed by atoms with Crippen LogP contribution < -0.4 is 0 Å². The van der Waals surface area contributed by atoms with Crippen LogP contribution in [0.1, 0.15) is 30.1 Å². The number of benzene rings is 1. The molecule has 1 atom stereocenters. The fourth-order valence-corrected chi connectivity index (χ4v) is 3.25. The van der Waals surface area contributed by atoms with E-state index >= 15 is 0 Å². The summed E-state index contributed by atoms with van der Waals surface area (Å²) in [5.74, 6) is 0. The molecule has 0 spiro atoms. The Hall–Kier alpha value is -1.28. The summed E-state index contributed by atoms with van der Waals surface area (Å²) in [6, 6.07) is 9.38. The fourth-order valence-electron chi connectivity index (χ4n) is 3.25. The zero-order valence-corrected chi connectivity index (χ0v) is 10.9. The van der Waals surface area contributed by atoms with Crippen LogP contribution in [-0.4, -0.2) is 23.6 Å². The molecular formula is C15H20N2. The number of aromatic nitrogens is 1.